The molecule has 0 amide bonds. The van der Waals surface area contributed by atoms with Gasteiger partial charge in [0.2, 0.25) is 0 Å². The molecule has 0 aliphatic heterocycles. The van der Waals surface area contributed by atoms with Crippen molar-refractivity contribution in [2.45, 2.75) is 86.9 Å². The summed E-state index contributed by atoms with van der Waals surface area (Å²) < 4.78 is 26.1. The molecular formula is C27H41NO10. The number of carbonyl (C=O) groups excluding carboxylic acids is 3. The van der Waals surface area contributed by atoms with Gasteiger partial charge in [0.1, 0.15) is 0 Å². The van der Waals surface area contributed by atoms with Crippen LogP contribution < -0.4 is 14.8 Å². The van der Waals surface area contributed by atoms with Crippen molar-refractivity contribution in [2.24, 2.45) is 10.8 Å². The molecule has 0 aromatic heterocycles. The van der Waals surface area contributed by atoms with E-state index in [0.717, 1.165) is 6.92 Å². The molecule has 1 unspecified atom stereocenters. The van der Waals surface area contributed by atoms with Gasteiger partial charge in [-0.15, -0.1) is 0 Å². The van der Waals surface area contributed by atoms with E-state index in [-0.39, 0.29) is 48.0 Å². The van der Waals surface area contributed by atoms with E-state index in [4.69, 9.17) is 23.7 Å². The van der Waals surface area contributed by atoms with Gasteiger partial charge in [-0.2, -0.15) is 0 Å². The van der Waals surface area contributed by atoms with Crippen LogP contribution in [-0.2, 0) is 30.2 Å². The van der Waals surface area contributed by atoms with E-state index in [2.05, 4.69) is 5.32 Å². The number of carboxylic acids is 1. The lowest BCUT2D eigenvalue weighted by molar-refractivity contribution is -0.183. The van der Waals surface area contributed by atoms with Gasteiger partial charge in [-0.1, -0.05) is 54.5 Å². The standard InChI is InChI=1S/C27H41NO10/c1-10-17(2)28-27(22(30)31,38-18(3)29)14-19-11-12-20(36-23(32)34-15-25(4,5)6)21(13-19)37-24(33)35-16-26(7,8)9/h11-13,17,28H,10,14-16H2,1-9H3,(H,30,31)/t17?,27-/m0/s1. The zero-order chi connectivity index (χ0) is 29.3. The summed E-state index contributed by atoms with van der Waals surface area (Å²) in [6.07, 6.45) is -1.83. The highest BCUT2D eigenvalue weighted by Gasteiger charge is 2.43. The third kappa shape index (κ3) is 11.8. The van der Waals surface area contributed by atoms with Gasteiger partial charge in [0.15, 0.2) is 11.5 Å². The monoisotopic (exact) mass is 539 g/mol. The first-order chi connectivity index (χ1) is 17.4. The summed E-state index contributed by atoms with van der Waals surface area (Å²) >= 11 is 0. The molecular weight excluding hydrogens is 498 g/mol. The second kappa shape index (κ2) is 13.5. The topological polar surface area (TPSA) is 147 Å². The van der Waals surface area contributed by atoms with Crippen molar-refractivity contribution in [3.05, 3.63) is 23.8 Å². The van der Waals surface area contributed by atoms with Gasteiger partial charge in [0.05, 0.1) is 13.2 Å². The third-order valence-electron chi connectivity index (χ3n) is 4.85. The SMILES string of the molecule is CCC(C)N[C@@](Cc1ccc(OC(=O)OCC(C)(C)C)c(OC(=O)OCC(C)(C)C)c1)(OC(C)=O)C(=O)O. The molecule has 0 saturated heterocycles. The van der Waals surface area contributed by atoms with Gasteiger partial charge in [0, 0.05) is 19.4 Å². The maximum absolute atomic E-state index is 12.4. The molecule has 0 heterocycles. The first-order valence-electron chi connectivity index (χ1n) is 12.4. The lowest BCUT2D eigenvalue weighted by Crippen LogP contribution is -2.59. The number of ether oxygens (including phenoxy) is 5. The summed E-state index contributed by atoms with van der Waals surface area (Å²) in [6, 6.07) is 3.78. The minimum absolute atomic E-state index is 0.0583. The molecule has 1 rings (SSSR count). The Morgan fingerprint density at radius 1 is 0.895 bits per heavy atom. The molecule has 0 radical (unpaired) electrons. The average Bonchev–Trinajstić information content (AvgIpc) is 2.76. The molecule has 0 aliphatic rings. The van der Waals surface area contributed by atoms with Crippen LogP contribution in [0.3, 0.4) is 0 Å². The number of hydrogen-bond donors (Lipinski definition) is 2. The van der Waals surface area contributed by atoms with Gasteiger partial charge in [0.25, 0.3) is 5.72 Å². The van der Waals surface area contributed by atoms with Gasteiger partial charge in [-0.05, 0) is 41.9 Å². The summed E-state index contributed by atoms with van der Waals surface area (Å²) in [7, 11) is 0. The maximum Gasteiger partial charge on any atom is 0.513 e. The summed E-state index contributed by atoms with van der Waals surface area (Å²) in [4.78, 5) is 48.8. The Balaban J connectivity index is 3.37. The van der Waals surface area contributed by atoms with E-state index in [1.165, 1.54) is 18.2 Å². The fourth-order valence-corrected chi connectivity index (χ4v) is 2.95. The molecule has 1 aromatic carbocycles. The number of hydrogen-bond acceptors (Lipinski definition) is 10. The fraction of sp³-hybridized carbons (Fsp3) is 0.630. The molecule has 0 aliphatic carbocycles. The highest BCUT2D eigenvalue weighted by atomic mass is 16.7. The number of rotatable bonds is 11. The Hall–Kier alpha value is -3.34. The number of carboxylic acid groups (broad SMARTS) is 1. The van der Waals surface area contributed by atoms with Crippen molar-refractivity contribution in [3.63, 3.8) is 0 Å². The zero-order valence-electron chi connectivity index (χ0n) is 23.8. The largest absolute Gasteiger partial charge is 0.513 e. The molecule has 0 bridgehead atoms. The summed E-state index contributed by atoms with van der Waals surface area (Å²) in [5, 5.41) is 12.9. The molecule has 0 spiro atoms. The van der Waals surface area contributed by atoms with Gasteiger partial charge < -0.3 is 28.8 Å². The maximum atomic E-state index is 12.4. The minimum Gasteiger partial charge on any atom is -0.477 e. The second-order valence-electron chi connectivity index (χ2n) is 11.5. The van der Waals surface area contributed by atoms with Crippen LogP contribution in [0, 0.1) is 10.8 Å². The Bertz CT molecular complexity index is 993. The van der Waals surface area contributed by atoms with Crippen LogP contribution in [0.25, 0.3) is 0 Å². The predicted molar refractivity (Wildman–Crippen MR) is 138 cm³/mol. The minimum atomic E-state index is -2.10. The molecule has 0 fully saturated rings. The van der Waals surface area contributed by atoms with E-state index in [1.54, 1.807) is 6.92 Å². The van der Waals surface area contributed by atoms with Crippen LogP contribution in [0.2, 0.25) is 0 Å². The van der Waals surface area contributed by atoms with Gasteiger partial charge in [-0.3, -0.25) is 10.1 Å². The van der Waals surface area contributed by atoms with Crippen LogP contribution in [-0.4, -0.2) is 54.3 Å². The van der Waals surface area contributed by atoms with Gasteiger partial charge in [-0.25, -0.2) is 14.4 Å². The molecule has 38 heavy (non-hydrogen) atoms. The van der Waals surface area contributed by atoms with E-state index in [1.807, 2.05) is 48.5 Å². The Kier molecular flexibility index (Phi) is 11.6. The molecule has 11 heteroatoms. The predicted octanol–water partition coefficient (Wildman–Crippen LogP) is 5.08. The first-order valence-corrected chi connectivity index (χ1v) is 12.4. The van der Waals surface area contributed by atoms with Crippen molar-refractivity contribution in [3.8, 4) is 11.5 Å². The summed E-state index contributed by atoms with van der Waals surface area (Å²) in [6.45, 7) is 16.1. The van der Waals surface area contributed by atoms with Crippen molar-refractivity contribution >= 4 is 24.2 Å². The summed E-state index contributed by atoms with van der Waals surface area (Å²) in [5.41, 5.74) is -2.43. The third-order valence-corrected chi connectivity index (χ3v) is 4.85. The van der Waals surface area contributed by atoms with Gasteiger partial charge >= 0.3 is 24.2 Å². The van der Waals surface area contributed by atoms with Crippen LogP contribution >= 0.6 is 0 Å². The second-order valence-corrected chi connectivity index (χ2v) is 11.5. The number of esters is 1. The quantitative estimate of drug-likeness (QED) is 0.168. The van der Waals surface area contributed by atoms with E-state index in [9.17, 15) is 24.3 Å². The van der Waals surface area contributed by atoms with Crippen LogP contribution in [0.5, 0.6) is 11.5 Å². The Morgan fingerprint density at radius 3 is 1.82 bits per heavy atom. The number of nitrogens with one attached hydrogen (secondary N) is 1. The number of aliphatic carboxylic acids is 1. The summed E-state index contributed by atoms with van der Waals surface area (Å²) in [5.74, 6) is -2.57. The lowest BCUT2D eigenvalue weighted by Gasteiger charge is -2.32. The smallest absolute Gasteiger partial charge is 0.477 e. The van der Waals surface area contributed by atoms with E-state index >= 15 is 0 Å². The van der Waals surface area contributed by atoms with Crippen LogP contribution in [0.1, 0.15) is 74.3 Å². The highest BCUT2D eigenvalue weighted by molar-refractivity contribution is 5.81. The Labute approximate surface area is 224 Å². The zero-order valence-corrected chi connectivity index (χ0v) is 23.8. The molecule has 2 atom stereocenters. The first kappa shape index (κ1) is 32.7. The van der Waals surface area contributed by atoms with Crippen molar-refractivity contribution in [1.82, 2.24) is 5.32 Å². The lowest BCUT2D eigenvalue weighted by atomic mass is 9.99. The van der Waals surface area contributed by atoms with Crippen LogP contribution in [0.15, 0.2) is 18.2 Å². The number of benzene rings is 1. The van der Waals surface area contributed by atoms with Crippen molar-refractivity contribution in [2.75, 3.05) is 13.2 Å². The van der Waals surface area contributed by atoms with Crippen LogP contribution in [0.4, 0.5) is 9.59 Å². The molecule has 1 aromatic rings. The number of carbonyl (C=O) groups is 4. The molecule has 2 N–H and O–H groups in total. The van der Waals surface area contributed by atoms with E-state index in [0.29, 0.717) is 12.0 Å². The van der Waals surface area contributed by atoms with Crippen molar-refractivity contribution < 1.29 is 48.0 Å². The van der Waals surface area contributed by atoms with Crippen molar-refractivity contribution in [1.29, 1.82) is 0 Å². The normalized spacial score (nSPS) is 14.0. The molecule has 11 nitrogen and oxygen atoms in total. The molecule has 0 saturated carbocycles. The molecule has 214 valence electrons. The van der Waals surface area contributed by atoms with E-state index < -0.39 is 30.0 Å². The highest BCUT2D eigenvalue weighted by Crippen LogP contribution is 2.32. The average molecular weight is 540 g/mol. The fourth-order valence-electron chi connectivity index (χ4n) is 2.95. The Morgan fingerprint density at radius 2 is 1.39 bits per heavy atom.